The number of benzene rings is 2. The van der Waals surface area contributed by atoms with Crippen molar-refractivity contribution in [2.75, 3.05) is 11.9 Å². The Morgan fingerprint density at radius 2 is 1.93 bits per heavy atom. The summed E-state index contributed by atoms with van der Waals surface area (Å²) in [5.41, 5.74) is 1.33. The second-order valence-electron chi connectivity index (χ2n) is 6.16. The summed E-state index contributed by atoms with van der Waals surface area (Å²) in [6.45, 7) is 1.81. The summed E-state index contributed by atoms with van der Waals surface area (Å²) < 4.78 is 18.5. The van der Waals surface area contributed by atoms with Crippen LogP contribution in [0.4, 0.5) is 10.1 Å². The summed E-state index contributed by atoms with van der Waals surface area (Å²) in [5, 5.41) is 13.7. The Labute approximate surface area is 170 Å². The quantitative estimate of drug-likeness (QED) is 0.590. The third-order valence-electron chi connectivity index (χ3n) is 3.88. The van der Waals surface area contributed by atoms with Gasteiger partial charge in [0.2, 0.25) is 10.9 Å². The molecule has 29 heavy (non-hydrogen) atoms. The lowest BCUT2D eigenvalue weighted by atomic mass is 10.1. The summed E-state index contributed by atoms with van der Waals surface area (Å²) in [4.78, 5) is 24.1. The Morgan fingerprint density at radius 1 is 1.14 bits per heavy atom. The van der Waals surface area contributed by atoms with Crippen LogP contribution in [0.5, 0.6) is 0 Å². The number of amides is 2. The van der Waals surface area contributed by atoms with Gasteiger partial charge in [-0.25, -0.2) is 4.39 Å². The highest BCUT2D eigenvalue weighted by Gasteiger charge is 2.14. The lowest BCUT2D eigenvalue weighted by Crippen LogP contribution is -2.30. The van der Waals surface area contributed by atoms with E-state index in [0.29, 0.717) is 10.7 Å². The van der Waals surface area contributed by atoms with Gasteiger partial charge >= 0.3 is 0 Å². The molecule has 1 heterocycles. The van der Waals surface area contributed by atoms with E-state index in [1.165, 1.54) is 18.2 Å². The smallest absolute Gasteiger partial charge is 0.286 e. The van der Waals surface area contributed by atoms with Crippen molar-refractivity contribution in [3.8, 4) is 0 Å². The molecule has 7 nitrogen and oxygen atoms in total. The number of carbonyl (C=O) groups excluding carboxylic acids is 2. The molecule has 150 valence electrons. The van der Waals surface area contributed by atoms with Gasteiger partial charge in [0.1, 0.15) is 24.0 Å². The Hall–Kier alpha value is -3.17. The molecule has 0 unspecified atom stereocenters. The number of rotatable bonds is 8. The molecule has 3 aromatic rings. The fraction of sp³-hybridized carbons (Fsp3) is 0.200. The molecule has 1 aromatic heterocycles. The van der Waals surface area contributed by atoms with E-state index in [0.717, 1.165) is 16.9 Å². The number of ether oxygens (including phenoxy) is 1. The average molecular weight is 414 g/mol. The van der Waals surface area contributed by atoms with Gasteiger partial charge in [0.25, 0.3) is 5.91 Å². The largest absolute Gasteiger partial charge is 0.364 e. The molecule has 0 saturated carbocycles. The number of nitrogens with one attached hydrogen (secondary N) is 2. The first kappa shape index (κ1) is 20.6. The summed E-state index contributed by atoms with van der Waals surface area (Å²) >= 11 is 1.04. The first-order valence-electron chi connectivity index (χ1n) is 8.82. The Balaban J connectivity index is 1.44. The van der Waals surface area contributed by atoms with E-state index in [1.807, 2.05) is 37.3 Å². The molecule has 0 fully saturated rings. The van der Waals surface area contributed by atoms with Crippen LogP contribution < -0.4 is 10.6 Å². The summed E-state index contributed by atoms with van der Waals surface area (Å²) in [7, 11) is 0. The highest BCUT2D eigenvalue weighted by atomic mass is 32.1. The fourth-order valence-corrected chi connectivity index (χ4v) is 3.17. The number of hydrogen-bond donors (Lipinski definition) is 2. The van der Waals surface area contributed by atoms with Crippen LogP contribution in [-0.2, 0) is 16.1 Å². The normalized spacial score (nSPS) is 11.7. The van der Waals surface area contributed by atoms with Crippen LogP contribution in [0.3, 0.4) is 0 Å². The van der Waals surface area contributed by atoms with E-state index >= 15 is 0 Å². The lowest BCUT2D eigenvalue weighted by Gasteiger charge is -2.14. The Morgan fingerprint density at radius 3 is 2.69 bits per heavy atom. The van der Waals surface area contributed by atoms with Crippen LogP contribution in [-0.4, -0.2) is 28.6 Å². The van der Waals surface area contributed by atoms with Crippen molar-refractivity contribution >= 4 is 28.8 Å². The van der Waals surface area contributed by atoms with Crippen LogP contribution in [0.25, 0.3) is 0 Å². The van der Waals surface area contributed by atoms with E-state index in [2.05, 4.69) is 20.8 Å². The van der Waals surface area contributed by atoms with E-state index in [-0.39, 0.29) is 30.2 Å². The molecule has 2 aromatic carbocycles. The summed E-state index contributed by atoms with van der Waals surface area (Å²) in [6.07, 6.45) is 0. The van der Waals surface area contributed by atoms with Crippen LogP contribution in [0.2, 0.25) is 0 Å². The third-order valence-corrected chi connectivity index (χ3v) is 4.77. The lowest BCUT2D eigenvalue weighted by molar-refractivity contribution is -0.126. The molecule has 1 atom stereocenters. The maximum Gasteiger partial charge on any atom is 0.286 e. The molecule has 0 spiro atoms. The standard InChI is InChI=1S/C20H19FN4O3S/c1-13(14-6-3-2-4-7-14)22-17(26)11-28-12-18-24-25-20(29-18)19(27)23-16-9-5-8-15(21)10-16/h2-10,13H,11-12H2,1H3,(H,22,26)(H,23,27)/t13-/m0/s1. The van der Waals surface area contributed by atoms with Gasteiger partial charge < -0.3 is 15.4 Å². The van der Waals surface area contributed by atoms with Crippen molar-refractivity contribution in [3.05, 3.63) is 76.0 Å². The van der Waals surface area contributed by atoms with Crippen molar-refractivity contribution in [3.63, 3.8) is 0 Å². The van der Waals surface area contributed by atoms with Crippen LogP contribution in [0, 0.1) is 5.82 Å². The van der Waals surface area contributed by atoms with Gasteiger partial charge in [0.05, 0.1) is 6.04 Å². The molecule has 2 N–H and O–H groups in total. The van der Waals surface area contributed by atoms with Crippen molar-refractivity contribution in [1.29, 1.82) is 0 Å². The molecule has 3 rings (SSSR count). The van der Waals surface area contributed by atoms with E-state index < -0.39 is 11.7 Å². The number of halogens is 1. The topological polar surface area (TPSA) is 93.2 Å². The van der Waals surface area contributed by atoms with Gasteiger partial charge in [-0.15, -0.1) is 10.2 Å². The zero-order chi connectivity index (χ0) is 20.6. The number of anilines is 1. The number of nitrogens with zero attached hydrogens (tertiary/aromatic N) is 2. The minimum Gasteiger partial charge on any atom is -0.364 e. The molecular weight excluding hydrogens is 395 g/mol. The summed E-state index contributed by atoms with van der Waals surface area (Å²) in [6, 6.07) is 15.0. The SMILES string of the molecule is C[C@H](NC(=O)COCc1nnc(C(=O)Nc2cccc(F)c2)s1)c1ccccc1. The Bertz CT molecular complexity index is 981. The van der Waals surface area contributed by atoms with Crippen molar-refractivity contribution in [1.82, 2.24) is 15.5 Å². The Kier molecular flexibility index (Phi) is 6.99. The predicted molar refractivity (Wildman–Crippen MR) is 107 cm³/mol. The molecule has 0 aliphatic heterocycles. The number of hydrogen-bond acceptors (Lipinski definition) is 6. The van der Waals surface area contributed by atoms with Gasteiger partial charge in [0, 0.05) is 5.69 Å². The minimum atomic E-state index is -0.492. The molecule has 0 aliphatic rings. The second-order valence-corrected chi connectivity index (χ2v) is 7.22. The van der Waals surface area contributed by atoms with E-state index in [4.69, 9.17) is 4.74 Å². The van der Waals surface area contributed by atoms with Gasteiger partial charge in [-0.3, -0.25) is 9.59 Å². The summed E-state index contributed by atoms with van der Waals surface area (Å²) in [5.74, 6) is -1.20. The maximum absolute atomic E-state index is 13.2. The fourth-order valence-electron chi connectivity index (χ4n) is 2.49. The van der Waals surface area contributed by atoms with Gasteiger partial charge in [-0.2, -0.15) is 0 Å². The molecule has 9 heteroatoms. The maximum atomic E-state index is 13.2. The van der Waals surface area contributed by atoms with Gasteiger partial charge in [-0.1, -0.05) is 47.7 Å². The first-order chi connectivity index (χ1) is 14.0. The average Bonchev–Trinajstić information content (AvgIpc) is 3.18. The zero-order valence-corrected chi connectivity index (χ0v) is 16.4. The number of aromatic nitrogens is 2. The number of carbonyl (C=O) groups is 2. The highest BCUT2D eigenvalue weighted by Crippen LogP contribution is 2.15. The molecule has 0 radical (unpaired) electrons. The molecular formula is C20H19FN4O3S. The zero-order valence-electron chi connectivity index (χ0n) is 15.6. The van der Waals surface area contributed by atoms with Crippen molar-refractivity contribution < 1.29 is 18.7 Å². The van der Waals surface area contributed by atoms with Gasteiger partial charge in [0.15, 0.2) is 0 Å². The van der Waals surface area contributed by atoms with Crippen LogP contribution >= 0.6 is 11.3 Å². The van der Waals surface area contributed by atoms with Crippen LogP contribution in [0.15, 0.2) is 54.6 Å². The highest BCUT2D eigenvalue weighted by molar-refractivity contribution is 7.13. The first-order valence-corrected chi connectivity index (χ1v) is 9.64. The third kappa shape index (κ3) is 6.16. The molecule has 0 bridgehead atoms. The van der Waals surface area contributed by atoms with Crippen LogP contribution in [0.1, 0.15) is 33.3 Å². The predicted octanol–water partition coefficient (Wildman–Crippen LogP) is 3.32. The van der Waals surface area contributed by atoms with E-state index in [9.17, 15) is 14.0 Å². The van der Waals surface area contributed by atoms with Crippen molar-refractivity contribution in [2.45, 2.75) is 19.6 Å². The van der Waals surface area contributed by atoms with Gasteiger partial charge in [-0.05, 0) is 30.7 Å². The monoisotopic (exact) mass is 414 g/mol. The molecule has 0 aliphatic carbocycles. The van der Waals surface area contributed by atoms with E-state index in [1.54, 1.807) is 6.07 Å². The molecule has 0 saturated heterocycles. The second kappa shape index (κ2) is 9.85. The van der Waals surface area contributed by atoms with Crippen molar-refractivity contribution in [2.24, 2.45) is 0 Å². The molecule has 2 amide bonds. The minimum absolute atomic E-state index is 0.0536.